The minimum atomic E-state index is -0.280. The van der Waals surface area contributed by atoms with E-state index < -0.39 is 0 Å². The highest BCUT2D eigenvalue weighted by molar-refractivity contribution is 9.10. The molecule has 0 aliphatic rings. The van der Waals surface area contributed by atoms with Gasteiger partial charge in [0.05, 0.1) is 17.4 Å². The third-order valence-electron chi connectivity index (χ3n) is 2.75. The maximum Gasteiger partial charge on any atom is 0.329 e. The summed E-state index contributed by atoms with van der Waals surface area (Å²) in [6.07, 6.45) is 1.62. The van der Waals surface area contributed by atoms with Crippen LogP contribution in [0.4, 0.5) is 10.5 Å². The number of urea groups is 1. The summed E-state index contributed by atoms with van der Waals surface area (Å²) in [6.45, 7) is 0. The Morgan fingerprint density at radius 3 is 2.81 bits per heavy atom. The molecule has 0 saturated heterocycles. The van der Waals surface area contributed by atoms with Gasteiger partial charge in [-0.15, -0.1) is 0 Å². The Bertz CT molecular complexity index is 772. The van der Waals surface area contributed by atoms with Crippen LogP contribution in [0.3, 0.4) is 0 Å². The van der Waals surface area contributed by atoms with Gasteiger partial charge in [-0.25, -0.2) is 9.78 Å². The lowest BCUT2D eigenvalue weighted by Gasteiger charge is -2.07. The van der Waals surface area contributed by atoms with Crippen molar-refractivity contribution in [2.75, 3.05) is 5.32 Å². The average molecular weight is 363 g/mol. The van der Waals surface area contributed by atoms with Gasteiger partial charge in [-0.1, -0.05) is 15.9 Å². The van der Waals surface area contributed by atoms with Crippen molar-refractivity contribution in [1.29, 1.82) is 0 Å². The first-order valence-electron chi connectivity index (χ1n) is 6.13. The lowest BCUT2D eigenvalue weighted by Crippen LogP contribution is -2.22. The summed E-state index contributed by atoms with van der Waals surface area (Å²) in [5.74, 6) is 0. The van der Waals surface area contributed by atoms with E-state index in [9.17, 15) is 4.79 Å². The van der Waals surface area contributed by atoms with Crippen molar-refractivity contribution >= 4 is 50.6 Å². The van der Waals surface area contributed by atoms with Crippen LogP contribution in [0.25, 0.3) is 11.0 Å². The number of rotatable bonds is 3. The van der Waals surface area contributed by atoms with Crippen LogP contribution in [-0.4, -0.2) is 16.0 Å². The minimum absolute atomic E-state index is 0.280. The zero-order valence-electron chi connectivity index (χ0n) is 10.8. The van der Waals surface area contributed by atoms with Gasteiger partial charge in [0.2, 0.25) is 0 Å². The zero-order chi connectivity index (χ0) is 14.7. The van der Waals surface area contributed by atoms with Crippen LogP contribution in [0.5, 0.6) is 0 Å². The normalized spacial score (nSPS) is 10.5. The van der Waals surface area contributed by atoms with Crippen molar-refractivity contribution in [2.24, 2.45) is 0 Å². The molecule has 3 N–H and O–H groups in total. The first-order chi connectivity index (χ1) is 10.2. The molecular weight excluding hydrogens is 352 g/mol. The summed E-state index contributed by atoms with van der Waals surface area (Å²) < 4.78 is 3.74. The van der Waals surface area contributed by atoms with Crippen LogP contribution in [0.1, 0.15) is 0 Å². The summed E-state index contributed by atoms with van der Waals surface area (Å²) in [4.78, 5) is 20.0. The van der Waals surface area contributed by atoms with Gasteiger partial charge in [-0.05, 0) is 54.4 Å². The Hall–Kier alpha value is -1.99. The Labute approximate surface area is 133 Å². The van der Waals surface area contributed by atoms with E-state index in [0.717, 1.165) is 20.4 Å². The number of aromatic nitrogens is 2. The van der Waals surface area contributed by atoms with Crippen molar-refractivity contribution in [1.82, 2.24) is 14.7 Å². The van der Waals surface area contributed by atoms with Crippen molar-refractivity contribution in [2.45, 2.75) is 4.90 Å². The first kappa shape index (κ1) is 14.0. The molecule has 2 amide bonds. The predicted octanol–water partition coefficient (Wildman–Crippen LogP) is 4.15. The summed E-state index contributed by atoms with van der Waals surface area (Å²) in [7, 11) is 0. The number of anilines is 1. The number of carbonyl (C=O) groups excluding carboxylic acids is 1. The molecule has 21 heavy (non-hydrogen) atoms. The van der Waals surface area contributed by atoms with Gasteiger partial charge in [0.15, 0.2) is 0 Å². The maximum absolute atomic E-state index is 11.8. The number of amides is 2. The fraction of sp³-hybridized carbons (Fsp3) is 0. The molecule has 0 spiro atoms. The molecule has 0 aliphatic carbocycles. The van der Waals surface area contributed by atoms with E-state index in [1.54, 1.807) is 6.33 Å². The van der Waals surface area contributed by atoms with E-state index in [0.29, 0.717) is 5.69 Å². The molecule has 5 nitrogen and oxygen atoms in total. The topological polar surface area (TPSA) is 69.8 Å². The number of nitrogens with zero attached hydrogens (tertiary/aromatic N) is 1. The zero-order valence-corrected chi connectivity index (χ0v) is 13.2. The number of imidazole rings is 1. The molecule has 0 fully saturated rings. The predicted molar refractivity (Wildman–Crippen MR) is 88.2 cm³/mol. The Kier molecular flexibility index (Phi) is 4.12. The second-order valence-corrected chi connectivity index (χ2v) is 6.04. The van der Waals surface area contributed by atoms with Crippen LogP contribution < -0.4 is 10.0 Å². The molecule has 1 aromatic heterocycles. The summed E-state index contributed by atoms with van der Waals surface area (Å²) in [5, 5.41) is 2.77. The molecule has 0 bridgehead atoms. The number of hydrogen-bond donors (Lipinski definition) is 3. The molecule has 3 aromatic rings. The second-order valence-electron chi connectivity index (χ2n) is 4.25. The van der Waals surface area contributed by atoms with Crippen LogP contribution >= 0.6 is 27.9 Å². The average Bonchev–Trinajstić information content (AvgIpc) is 2.94. The molecular formula is C14H11BrN4OS. The molecule has 0 aliphatic heterocycles. The smallest absolute Gasteiger partial charge is 0.329 e. The standard InChI is InChI=1S/C14H11BrN4OS/c15-9-1-4-11(5-2-9)21-19-14(20)18-10-3-6-12-13(7-10)17-8-16-12/h1-8H,(H,16,17)(H2,18,19,20). The van der Waals surface area contributed by atoms with Crippen molar-refractivity contribution in [3.63, 3.8) is 0 Å². The number of halogens is 1. The number of fused-ring (bicyclic) bond motifs is 1. The monoisotopic (exact) mass is 362 g/mol. The van der Waals surface area contributed by atoms with Crippen molar-refractivity contribution in [3.05, 3.63) is 53.3 Å². The molecule has 3 rings (SSSR count). The maximum atomic E-state index is 11.8. The fourth-order valence-electron chi connectivity index (χ4n) is 1.77. The summed E-state index contributed by atoms with van der Waals surface area (Å²) >= 11 is 4.63. The highest BCUT2D eigenvalue weighted by Gasteiger charge is 2.04. The number of carbonyl (C=O) groups is 1. The summed E-state index contributed by atoms with van der Waals surface area (Å²) in [5.41, 5.74) is 2.45. The molecule has 0 atom stereocenters. The quantitative estimate of drug-likeness (QED) is 0.612. The molecule has 0 unspecified atom stereocenters. The van der Waals surface area contributed by atoms with Crippen LogP contribution in [0, 0.1) is 0 Å². The van der Waals surface area contributed by atoms with Gasteiger partial charge in [-0.3, -0.25) is 4.72 Å². The van der Waals surface area contributed by atoms with E-state index in [4.69, 9.17) is 0 Å². The van der Waals surface area contributed by atoms with Gasteiger partial charge in [-0.2, -0.15) is 0 Å². The van der Waals surface area contributed by atoms with Crippen LogP contribution in [0.15, 0.2) is 58.2 Å². The Morgan fingerprint density at radius 2 is 2.00 bits per heavy atom. The van der Waals surface area contributed by atoms with Gasteiger partial charge >= 0.3 is 6.03 Å². The minimum Gasteiger partial charge on any atom is -0.345 e. The highest BCUT2D eigenvalue weighted by Crippen LogP contribution is 2.19. The van der Waals surface area contributed by atoms with Gasteiger partial charge in [0, 0.05) is 15.1 Å². The van der Waals surface area contributed by atoms with Crippen molar-refractivity contribution < 1.29 is 4.79 Å². The number of nitrogens with one attached hydrogen (secondary N) is 3. The number of aromatic amines is 1. The van der Waals surface area contributed by atoms with E-state index in [2.05, 4.69) is 35.9 Å². The Morgan fingerprint density at radius 1 is 1.19 bits per heavy atom. The third-order valence-corrected chi connectivity index (χ3v) is 4.08. The lowest BCUT2D eigenvalue weighted by molar-refractivity contribution is 0.257. The fourth-order valence-corrected chi connectivity index (χ4v) is 2.57. The molecule has 106 valence electrons. The third kappa shape index (κ3) is 3.56. The molecule has 0 saturated carbocycles. The van der Waals surface area contributed by atoms with Gasteiger partial charge in [0.1, 0.15) is 0 Å². The molecule has 1 heterocycles. The van der Waals surface area contributed by atoms with E-state index in [1.165, 1.54) is 11.9 Å². The number of benzene rings is 2. The first-order valence-corrected chi connectivity index (χ1v) is 7.74. The molecule has 0 radical (unpaired) electrons. The van der Waals surface area contributed by atoms with E-state index >= 15 is 0 Å². The van der Waals surface area contributed by atoms with E-state index in [-0.39, 0.29) is 6.03 Å². The van der Waals surface area contributed by atoms with Crippen molar-refractivity contribution in [3.8, 4) is 0 Å². The van der Waals surface area contributed by atoms with Gasteiger partial charge in [0.25, 0.3) is 0 Å². The Balaban J connectivity index is 1.59. The van der Waals surface area contributed by atoms with Gasteiger partial charge < -0.3 is 10.3 Å². The largest absolute Gasteiger partial charge is 0.345 e. The van der Waals surface area contributed by atoms with Crippen LogP contribution in [-0.2, 0) is 0 Å². The van der Waals surface area contributed by atoms with E-state index in [1.807, 2.05) is 42.5 Å². The highest BCUT2D eigenvalue weighted by atomic mass is 79.9. The lowest BCUT2D eigenvalue weighted by atomic mass is 10.3. The summed E-state index contributed by atoms with van der Waals surface area (Å²) in [6, 6.07) is 12.9. The van der Waals surface area contributed by atoms with Crippen LogP contribution in [0.2, 0.25) is 0 Å². The number of hydrogen-bond acceptors (Lipinski definition) is 3. The molecule has 2 aromatic carbocycles. The SMILES string of the molecule is O=C(NSc1ccc(Br)cc1)Nc1ccc2[nH]cnc2c1. The number of H-pyrrole nitrogens is 1. The second kappa shape index (κ2) is 6.19. The molecule has 7 heteroatoms.